The van der Waals surface area contributed by atoms with Crippen LogP contribution in [-0.2, 0) is 9.59 Å². The minimum atomic E-state index is -1.18. The quantitative estimate of drug-likeness (QED) is 0.137. The third kappa shape index (κ3) is 3.83. The van der Waals surface area contributed by atoms with Crippen LogP contribution in [0.25, 0.3) is 16.0 Å². The van der Waals surface area contributed by atoms with Crippen molar-refractivity contribution >= 4 is 49.8 Å². The van der Waals surface area contributed by atoms with Crippen LogP contribution >= 0.6 is 11.3 Å². The summed E-state index contributed by atoms with van der Waals surface area (Å²) in [6.45, 7) is 1.86. The number of aromatic nitrogens is 1. The van der Waals surface area contributed by atoms with E-state index < -0.39 is 34.2 Å². The molecule has 8 nitrogen and oxygen atoms in total. The Morgan fingerprint density at radius 1 is 1.11 bits per heavy atom. The third-order valence-corrected chi connectivity index (χ3v) is 6.73. The number of aliphatic hydroxyl groups excluding tert-OH is 1. The molecule has 174 valence electrons. The number of anilines is 1. The molecule has 0 spiro atoms. The van der Waals surface area contributed by atoms with Gasteiger partial charge in [-0.05, 0) is 30.7 Å². The number of aryl methyl sites for hydroxylation is 1. The fourth-order valence-corrected chi connectivity index (χ4v) is 5.03. The van der Waals surface area contributed by atoms with E-state index in [1.165, 1.54) is 42.5 Å². The highest BCUT2D eigenvalue weighted by atomic mass is 32.1. The largest absolute Gasteiger partial charge is 0.507 e. The molecule has 1 unspecified atom stereocenters. The highest BCUT2D eigenvalue weighted by Gasteiger charge is 2.48. The highest BCUT2D eigenvalue weighted by Crippen LogP contribution is 2.44. The van der Waals surface area contributed by atoms with Gasteiger partial charge in [0.25, 0.3) is 11.5 Å². The topological polar surface area (TPSA) is 114 Å². The summed E-state index contributed by atoms with van der Waals surface area (Å²) in [5.74, 6) is -2.79. The van der Waals surface area contributed by atoms with Gasteiger partial charge < -0.3 is 5.11 Å². The maximum atomic E-state index is 13.7. The molecular formula is C25H16FN3O5S. The number of amides is 1. The van der Waals surface area contributed by atoms with Crippen molar-refractivity contribution in [3.63, 3.8) is 0 Å². The minimum Gasteiger partial charge on any atom is -0.507 e. The van der Waals surface area contributed by atoms with E-state index in [4.69, 9.17) is 0 Å². The lowest BCUT2D eigenvalue weighted by atomic mass is 9.95. The number of rotatable bonds is 4. The van der Waals surface area contributed by atoms with Crippen molar-refractivity contribution in [2.45, 2.75) is 13.0 Å². The van der Waals surface area contributed by atoms with Crippen molar-refractivity contribution in [2.75, 3.05) is 4.90 Å². The molecule has 3 aromatic carbocycles. The molecule has 0 bridgehead atoms. The molecule has 1 amide bonds. The number of nitrogens with zero attached hydrogens (tertiary/aromatic N) is 3. The number of hydrogen-bond donors (Lipinski definition) is 1. The maximum absolute atomic E-state index is 13.7. The smallest absolute Gasteiger partial charge is 0.301 e. The van der Waals surface area contributed by atoms with Crippen LogP contribution in [0.5, 0.6) is 0 Å². The number of Topliss-reactive ketones (excluding diaryl/α,β-unsaturated/α-hetero) is 1. The second kappa shape index (κ2) is 8.41. The van der Waals surface area contributed by atoms with Crippen LogP contribution in [0.15, 0.2) is 72.3 Å². The van der Waals surface area contributed by atoms with Gasteiger partial charge in [-0.15, -0.1) is 0 Å². The normalized spacial score (nSPS) is 17.3. The van der Waals surface area contributed by atoms with Crippen molar-refractivity contribution in [3.05, 3.63) is 105 Å². The zero-order valence-electron chi connectivity index (χ0n) is 18.1. The number of hydrogen-bond acceptors (Lipinski definition) is 7. The van der Waals surface area contributed by atoms with Crippen molar-refractivity contribution in [1.82, 2.24) is 4.98 Å². The Balaban J connectivity index is 1.75. The molecule has 0 radical (unpaired) electrons. The lowest BCUT2D eigenvalue weighted by Crippen LogP contribution is -2.29. The molecule has 1 fully saturated rings. The highest BCUT2D eigenvalue weighted by molar-refractivity contribution is 7.22. The zero-order chi connectivity index (χ0) is 24.9. The van der Waals surface area contributed by atoms with E-state index in [0.29, 0.717) is 15.8 Å². The number of carbonyl (C=O) groups is 2. The number of nitro benzene ring substituents is 1. The third-order valence-electron chi connectivity index (χ3n) is 5.71. The molecule has 2 heterocycles. The summed E-state index contributed by atoms with van der Waals surface area (Å²) in [4.78, 5) is 42.8. The molecule has 0 saturated carbocycles. The van der Waals surface area contributed by atoms with E-state index in [0.717, 1.165) is 21.8 Å². The van der Waals surface area contributed by atoms with Gasteiger partial charge in [-0.2, -0.15) is 0 Å². The Kier molecular flexibility index (Phi) is 5.37. The summed E-state index contributed by atoms with van der Waals surface area (Å²) in [5.41, 5.74) is 1.45. The number of aliphatic hydroxyl groups is 1. The predicted molar refractivity (Wildman–Crippen MR) is 129 cm³/mol. The number of fused-ring (bicyclic) bond motifs is 1. The van der Waals surface area contributed by atoms with Crippen LogP contribution in [0.2, 0.25) is 0 Å². The molecule has 1 saturated heterocycles. The van der Waals surface area contributed by atoms with Gasteiger partial charge >= 0.3 is 5.91 Å². The zero-order valence-corrected chi connectivity index (χ0v) is 19.0. The first-order chi connectivity index (χ1) is 16.7. The van der Waals surface area contributed by atoms with Crippen LogP contribution in [0.3, 0.4) is 0 Å². The molecule has 10 heteroatoms. The second-order valence-corrected chi connectivity index (χ2v) is 9.00. The first kappa shape index (κ1) is 22.4. The Bertz CT molecular complexity index is 1560. The van der Waals surface area contributed by atoms with E-state index in [-0.39, 0.29) is 22.0 Å². The van der Waals surface area contributed by atoms with Crippen molar-refractivity contribution in [1.29, 1.82) is 0 Å². The van der Waals surface area contributed by atoms with Gasteiger partial charge in [-0.25, -0.2) is 9.37 Å². The fourth-order valence-electron chi connectivity index (χ4n) is 4.01. The van der Waals surface area contributed by atoms with E-state index in [1.807, 2.05) is 6.92 Å². The van der Waals surface area contributed by atoms with Crippen molar-refractivity contribution < 1.29 is 24.0 Å². The number of non-ortho nitro benzene ring substituents is 1. The van der Waals surface area contributed by atoms with E-state index in [2.05, 4.69) is 4.98 Å². The van der Waals surface area contributed by atoms with Gasteiger partial charge in [-0.3, -0.25) is 24.6 Å². The summed E-state index contributed by atoms with van der Waals surface area (Å²) in [6.07, 6.45) is 0. The number of carbonyl (C=O) groups excluding carboxylic acids is 2. The van der Waals surface area contributed by atoms with Crippen LogP contribution in [0, 0.1) is 22.9 Å². The van der Waals surface area contributed by atoms with E-state index in [9.17, 15) is 29.2 Å². The van der Waals surface area contributed by atoms with E-state index >= 15 is 0 Å². The molecule has 5 rings (SSSR count). The Hall–Kier alpha value is -4.44. The second-order valence-electron chi connectivity index (χ2n) is 8.00. The van der Waals surface area contributed by atoms with Crippen LogP contribution in [-0.4, -0.2) is 26.7 Å². The summed E-state index contributed by atoms with van der Waals surface area (Å²) in [5, 5.41) is 22.7. The van der Waals surface area contributed by atoms with Crippen LogP contribution in [0.1, 0.15) is 22.7 Å². The number of nitro groups is 1. The van der Waals surface area contributed by atoms with Gasteiger partial charge in [0.05, 0.1) is 26.8 Å². The standard InChI is InChI=1S/C25H16FN3O5S/c1-13-5-7-14(8-6-13)22(30)20-21(15-3-2-4-17(11-15)29(33)34)28(24(32)23(20)31)25-27-18-10-9-16(26)12-19(18)35-25/h2-12,21,30H,1H3. The minimum absolute atomic E-state index is 0.104. The fraction of sp³-hybridized carbons (Fsp3) is 0.0800. The summed E-state index contributed by atoms with van der Waals surface area (Å²) < 4.78 is 14.2. The number of ketones is 1. The number of thiazole rings is 1. The molecule has 4 aromatic rings. The molecule has 35 heavy (non-hydrogen) atoms. The predicted octanol–water partition coefficient (Wildman–Crippen LogP) is 5.28. The molecule has 1 atom stereocenters. The molecule has 1 aliphatic heterocycles. The first-order valence-electron chi connectivity index (χ1n) is 10.4. The Morgan fingerprint density at radius 2 is 1.86 bits per heavy atom. The Labute approximate surface area is 201 Å². The monoisotopic (exact) mass is 489 g/mol. The van der Waals surface area contributed by atoms with E-state index in [1.54, 1.807) is 24.3 Å². The number of halogens is 1. The maximum Gasteiger partial charge on any atom is 0.301 e. The van der Waals surface area contributed by atoms with Crippen molar-refractivity contribution in [2.24, 2.45) is 0 Å². The Morgan fingerprint density at radius 3 is 2.57 bits per heavy atom. The van der Waals surface area contributed by atoms with Crippen molar-refractivity contribution in [3.8, 4) is 0 Å². The van der Waals surface area contributed by atoms with Gasteiger partial charge in [-0.1, -0.05) is 53.3 Å². The van der Waals surface area contributed by atoms with Gasteiger partial charge in [0.2, 0.25) is 0 Å². The van der Waals surface area contributed by atoms with Gasteiger partial charge in [0.1, 0.15) is 11.6 Å². The first-order valence-corrected chi connectivity index (χ1v) is 11.2. The van der Waals surface area contributed by atoms with Gasteiger partial charge in [0, 0.05) is 17.7 Å². The average Bonchev–Trinajstić information content (AvgIpc) is 3.37. The summed E-state index contributed by atoms with van der Waals surface area (Å²) >= 11 is 0.999. The van der Waals surface area contributed by atoms with Crippen LogP contribution < -0.4 is 4.90 Å². The molecule has 1 aromatic heterocycles. The lowest BCUT2D eigenvalue weighted by Gasteiger charge is -2.22. The van der Waals surface area contributed by atoms with Gasteiger partial charge in [0.15, 0.2) is 5.13 Å². The molecule has 1 N–H and O–H groups in total. The van der Waals surface area contributed by atoms with Crippen LogP contribution in [0.4, 0.5) is 15.2 Å². The lowest BCUT2D eigenvalue weighted by molar-refractivity contribution is -0.384. The number of benzene rings is 3. The summed E-state index contributed by atoms with van der Waals surface area (Å²) in [6, 6.07) is 15.0. The molecule has 1 aliphatic rings. The summed E-state index contributed by atoms with van der Waals surface area (Å²) in [7, 11) is 0. The SMILES string of the molecule is Cc1ccc(C(O)=C2C(=O)C(=O)N(c3nc4ccc(F)cc4s3)C2c2cccc([N+](=O)[O-])c2)cc1. The molecule has 0 aliphatic carbocycles. The average molecular weight is 489 g/mol. The molecular weight excluding hydrogens is 473 g/mol.